The zero-order chi connectivity index (χ0) is 22.4. The van der Waals surface area contributed by atoms with Gasteiger partial charge in [0, 0.05) is 25.9 Å². The lowest BCUT2D eigenvalue weighted by Crippen LogP contribution is -2.38. The molecule has 0 spiro atoms. The van der Waals surface area contributed by atoms with E-state index in [2.05, 4.69) is 10.4 Å². The van der Waals surface area contributed by atoms with Gasteiger partial charge in [0.2, 0.25) is 5.91 Å². The van der Waals surface area contributed by atoms with Crippen molar-refractivity contribution in [2.45, 2.75) is 6.92 Å². The number of aryl methyl sites for hydroxylation is 1. The minimum absolute atomic E-state index is 0.163. The van der Waals surface area contributed by atoms with Gasteiger partial charge in [-0.15, -0.1) is 0 Å². The number of para-hydroxylation sites is 1. The van der Waals surface area contributed by atoms with E-state index in [0.717, 1.165) is 16.8 Å². The summed E-state index contributed by atoms with van der Waals surface area (Å²) in [4.78, 5) is 37.7. The minimum Gasteiger partial charge on any atom is -0.452 e. The summed E-state index contributed by atoms with van der Waals surface area (Å²) in [5.41, 5.74) is 3.28. The number of amides is 2. The molecule has 0 aliphatic rings. The van der Waals surface area contributed by atoms with Crippen LogP contribution in [0.15, 0.2) is 60.8 Å². The van der Waals surface area contributed by atoms with Gasteiger partial charge in [0.1, 0.15) is 11.3 Å². The van der Waals surface area contributed by atoms with Crippen LogP contribution in [0.5, 0.6) is 0 Å². The molecule has 0 aliphatic heterocycles. The monoisotopic (exact) mass is 420 g/mol. The number of carbonyl (C=O) groups is 3. The molecule has 31 heavy (non-hydrogen) atoms. The number of benzene rings is 2. The third-order valence-corrected chi connectivity index (χ3v) is 4.52. The summed E-state index contributed by atoms with van der Waals surface area (Å²) in [5, 5.41) is 7.01. The van der Waals surface area contributed by atoms with E-state index in [-0.39, 0.29) is 18.0 Å². The number of hydrogen-bond acceptors (Lipinski definition) is 5. The normalized spacial score (nSPS) is 10.4. The van der Waals surface area contributed by atoms with E-state index in [1.54, 1.807) is 25.0 Å². The Balaban J connectivity index is 1.80. The Morgan fingerprint density at radius 3 is 2.48 bits per heavy atom. The summed E-state index contributed by atoms with van der Waals surface area (Å²) in [6, 6.07) is 17.0. The van der Waals surface area contributed by atoms with Crippen LogP contribution in [0.25, 0.3) is 16.9 Å². The van der Waals surface area contributed by atoms with Crippen LogP contribution < -0.4 is 5.32 Å². The molecule has 0 aliphatic carbocycles. The largest absolute Gasteiger partial charge is 0.452 e. The minimum atomic E-state index is -0.673. The maximum Gasteiger partial charge on any atom is 0.342 e. The van der Waals surface area contributed by atoms with E-state index < -0.39 is 18.5 Å². The summed E-state index contributed by atoms with van der Waals surface area (Å²) in [6.07, 6.45) is 1.59. The van der Waals surface area contributed by atoms with Crippen molar-refractivity contribution in [3.63, 3.8) is 0 Å². The van der Waals surface area contributed by atoms with Crippen molar-refractivity contribution >= 4 is 17.8 Å². The molecule has 0 unspecified atom stereocenters. The summed E-state index contributed by atoms with van der Waals surface area (Å²) in [6.45, 7) is 1.29. The lowest BCUT2D eigenvalue weighted by Gasteiger charge is -2.11. The lowest BCUT2D eigenvalue weighted by atomic mass is 10.1. The number of rotatable bonds is 7. The second-order valence-corrected chi connectivity index (χ2v) is 7.18. The van der Waals surface area contributed by atoms with Crippen molar-refractivity contribution in [1.29, 1.82) is 0 Å². The quantitative estimate of drug-likeness (QED) is 0.592. The van der Waals surface area contributed by atoms with E-state index in [0.29, 0.717) is 5.69 Å². The van der Waals surface area contributed by atoms with Gasteiger partial charge in [-0.05, 0) is 25.1 Å². The van der Waals surface area contributed by atoms with Gasteiger partial charge in [-0.25, -0.2) is 9.48 Å². The first-order valence-electron chi connectivity index (χ1n) is 9.71. The maximum atomic E-state index is 12.8. The Morgan fingerprint density at radius 2 is 1.81 bits per heavy atom. The van der Waals surface area contributed by atoms with E-state index in [9.17, 15) is 14.4 Å². The highest BCUT2D eigenvalue weighted by Gasteiger charge is 2.21. The van der Waals surface area contributed by atoms with Crippen molar-refractivity contribution in [3.05, 3.63) is 71.9 Å². The molecule has 8 nitrogen and oxygen atoms in total. The van der Waals surface area contributed by atoms with E-state index in [4.69, 9.17) is 4.74 Å². The summed E-state index contributed by atoms with van der Waals surface area (Å²) in [7, 11) is 3.18. The number of likely N-dealkylation sites (N-methyl/N-ethyl adjacent to an activating group) is 1. The van der Waals surface area contributed by atoms with Gasteiger partial charge in [-0.1, -0.05) is 42.0 Å². The molecule has 1 heterocycles. The molecule has 0 fully saturated rings. The van der Waals surface area contributed by atoms with Crippen molar-refractivity contribution in [2.75, 3.05) is 27.2 Å². The molecule has 3 aromatic rings. The highest BCUT2D eigenvalue weighted by Crippen LogP contribution is 2.25. The van der Waals surface area contributed by atoms with Crippen molar-refractivity contribution in [2.24, 2.45) is 0 Å². The molecule has 3 rings (SSSR count). The molecule has 2 aromatic carbocycles. The highest BCUT2D eigenvalue weighted by molar-refractivity contribution is 5.97. The summed E-state index contributed by atoms with van der Waals surface area (Å²) >= 11 is 0. The zero-order valence-electron chi connectivity index (χ0n) is 17.7. The molecule has 160 valence electrons. The van der Waals surface area contributed by atoms with Crippen molar-refractivity contribution < 1.29 is 19.1 Å². The fourth-order valence-corrected chi connectivity index (χ4v) is 2.83. The number of esters is 1. The second-order valence-electron chi connectivity index (χ2n) is 7.18. The Hall–Kier alpha value is -3.94. The molecule has 8 heteroatoms. The summed E-state index contributed by atoms with van der Waals surface area (Å²) < 4.78 is 6.80. The van der Waals surface area contributed by atoms with Gasteiger partial charge in [0.15, 0.2) is 6.61 Å². The fraction of sp³-hybridized carbons (Fsp3) is 0.217. The van der Waals surface area contributed by atoms with Crippen LogP contribution in [-0.4, -0.2) is 59.7 Å². The Labute approximate surface area is 180 Å². The highest BCUT2D eigenvalue weighted by atomic mass is 16.5. The number of ether oxygens (including phenoxy) is 1. The molecule has 0 atom stereocenters. The fourth-order valence-electron chi connectivity index (χ4n) is 2.83. The average Bonchev–Trinajstić information content (AvgIpc) is 3.22. The maximum absolute atomic E-state index is 12.8. The predicted octanol–water partition coefficient (Wildman–Crippen LogP) is 2.21. The van der Waals surface area contributed by atoms with Gasteiger partial charge < -0.3 is 15.0 Å². The van der Waals surface area contributed by atoms with E-state index in [1.165, 1.54) is 4.90 Å². The van der Waals surface area contributed by atoms with Crippen molar-refractivity contribution in [1.82, 2.24) is 20.0 Å². The van der Waals surface area contributed by atoms with E-state index >= 15 is 0 Å². The van der Waals surface area contributed by atoms with Crippen LogP contribution >= 0.6 is 0 Å². The number of aromatic nitrogens is 2. The van der Waals surface area contributed by atoms with Crippen LogP contribution in [0.1, 0.15) is 15.9 Å². The first-order valence-corrected chi connectivity index (χ1v) is 9.71. The van der Waals surface area contributed by atoms with Crippen LogP contribution in [0, 0.1) is 6.92 Å². The van der Waals surface area contributed by atoms with Gasteiger partial charge in [-0.3, -0.25) is 9.59 Å². The molecular formula is C23H24N4O4. The number of nitrogens with zero attached hydrogens (tertiary/aromatic N) is 3. The predicted molar refractivity (Wildman–Crippen MR) is 116 cm³/mol. The number of nitrogens with one attached hydrogen (secondary N) is 1. The zero-order valence-corrected chi connectivity index (χ0v) is 17.7. The third-order valence-electron chi connectivity index (χ3n) is 4.52. The van der Waals surface area contributed by atoms with Crippen LogP contribution in [0.3, 0.4) is 0 Å². The molecule has 0 radical (unpaired) electrons. The van der Waals surface area contributed by atoms with Gasteiger partial charge in [0.05, 0.1) is 12.2 Å². The SMILES string of the molecule is Cc1cccc(-c2nn(-c3ccccc3)cc2C(=O)OCC(=O)NCC(=O)N(C)C)c1. The van der Waals surface area contributed by atoms with Gasteiger partial charge in [0.25, 0.3) is 5.91 Å². The molecule has 0 saturated carbocycles. The number of hydrogen-bond donors (Lipinski definition) is 1. The Bertz CT molecular complexity index is 1090. The van der Waals surface area contributed by atoms with Gasteiger partial charge >= 0.3 is 5.97 Å². The molecule has 0 bridgehead atoms. The van der Waals surface area contributed by atoms with Crippen molar-refractivity contribution in [3.8, 4) is 16.9 Å². The average molecular weight is 420 g/mol. The molecule has 2 amide bonds. The Kier molecular flexibility index (Phi) is 6.81. The van der Waals surface area contributed by atoms with Crippen LogP contribution in [0.2, 0.25) is 0 Å². The first kappa shape index (κ1) is 21.8. The molecule has 0 saturated heterocycles. The molecule has 1 aromatic heterocycles. The smallest absolute Gasteiger partial charge is 0.342 e. The van der Waals surface area contributed by atoms with E-state index in [1.807, 2.05) is 61.5 Å². The summed E-state index contributed by atoms with van der Waals surface area (Å²) in [5.74, 6) is -1.49. The van der Waals surface area contributed by atoms with Crippen LogP contribution in [-0.2, 0) is 14.3 Å². The Morgan fingerprint density at radius 1 is 1.06 bits per heavy atom. The molecular weight excluding hydrogens is 396 g/mol. The van der Waals surface area contributed by atoms with Crippen LogP contribution in [0.4, 0.5) is 0 Å². The number of carbonyl (C=O) groups excluding carboxylic acids is 3. The first-order chi connectivity index (χ1) is 14.8. The van der Waals surface area contributed by atoms with Gasteiger partial charge in [-0.2, -0.15) is 5.10 Å². The molecule has 1 N–H and O–H groups in total. The lowest BCUT2D eigenvalue weighted by molar-refractivity contribution is -0.131. The standard InChI is InChI=1S/C23H24N4O4/c1-16-8-7-9-17(12-16)22-19(14-27(25-22)18-10-5-4-6-11-18)23(30)31-15-20(28)24-13-21(29)26(2)3/h4-12,14H,13,15H2,1-3H3,(H,24,28). The third kappa shape index (κ3) is 5.57. The second kappa shape index (κ2) is 9.71. The topological polar surface area (TPSA) is 93.5 Å².